The molecule has 0 bridgehead atoms. The molecule has 5 rings (SSSR count). The molecule has 214 valence electrons. The fourth-order valence-corrected chi connectivity index (χ4v) is 5.41. The van der Waals surface area contributed by atoms with Crippen molar-refractivity contribution < 1.29 is 28.6 Å². The molecular weight excluding hydrogens is 522 g/mol. The Balaban J connectivity index is 1.23. The summed E-state index contributed by atoms with van der Waals surface area (Å²) >= 11 is 0. The maximum Gasteiger partial charge on any atom is 0.257 e. The maximum atomic E-state index is 13.5. The van der Waals surface area contributed by atoms with E-state index in [-0.39, 0.29) is 55.0 Å². The van der Waals surface area contributed by atoms with Gasteiger partial charge in [0.15, 0.2) is 0 Å². The largest absolute Gasteiger partial charge is 0.497 e. The molecule has 2 aliphatic heterocycles. The van der Waals surface area contributed by atoms with Crippen molar-refractivity contribution in [2.24, 2.45) is 0 Å². The van der Waals surface area contributed by atoms with Gasteiger partial charge in [-0.25, -0.2) is 0 Å². The Kier molecular flexibility index (Phi) is 8.54. The molecule has 0 radical (unpaired) electrons. The van der Waals surface area contributed by atoms with Gasteiger partial charge >= 0.3 is 0 Å². The second-order valence-electron chi connectivity index (χ2n) is 10.5. The first-order valence-corrected chi connectivity index (χ1v) is 13.8. The molecule has 9 heteroatoms. The van der Waals surface area contributed by atoms with Crippen LogP contribution in [0, 0.1) is 0 Å². The third-order valence-corrected chi connectivity index (χ3v) is 7.69. The SMILES string of the molecule is COc1cccc(C(=O)Nc2ccc3c(c2)C(=O)N(C)[C@H]2CC[C@H](CC(=O)N[C@@H](C)c4ccccc4)O[C@H]2CO3)c1. The monoisotopic (exact) mass is 557 g/mol. The first-order chi connectivity index (χ1) is 19.8. The van der Waals surface area contributed by atoms with Crippen molar-refractivity contribution in [3.63, 3.8) is 0 Å². The predicted molar refractivity (Wildman–Crippen MR) is 154 cm³/mol. The van der Waals surface area contributed by atoms with E-state index in [1.165, 1.54) is 0 Å². The zero-order valence-corrected chi connectivity index (χ0v) is 23.5. The maximum absolute atomic E-state index is 13.5. The van der Waals surface area contributed by atoms with Crippen LogP contribution in [0.3, 0.4) is 0 Å². The van der Waals surface area contributed by atoms with Crippen molar-refractivity contribution >= 4 is 23.4 Å². The Labute approximate surface area is 239 Å². The van der Waals surface area contributed by atoms with Crippen LogP contribution in [0.4, 0.5) is 5.69 Å². The lowest BCUT2D eigenvalue weighted by Gasteiger charge is -2.42. The normalized spacial score (nSPS) is 20.8. The third kappa shape index (κ3) is 6.52. The highest BCUT2D eigenvalue weighted by molar-refractivity contribution is 6.05. The van der Waals surface area contributed by atoms with E-state index in [9.17, 15) is 14.4 Å². The minimum absolute atomic E-state index is 0.0742. The quantitative estimate of drug-likeness (QED) is 0.440. The molecule has 3 amide bonds. The molecule has 1 saturated heterocycles. The number of benzene rings is 3. The van der Waals surface area contributed by atoms with Crippen molar-refractivity contribution in [3.8, 4) is 11.5 Å². The van der Waals surface area contributed by atoms with Crippen molar-refractivity contribution in [1.29, 1.82) is 0 Å². The summed E-state index contributed by atoms with van der Waals surface area (Å²) in [5.74, 6) is 0.388. The summed E-state index contributed by atoms with van der Waals surface area (Å²) in [4.78, 5) is 40.8. The van der Waals surface area contributed by atoms with E-state index in [0.717, 1.165) is 5.56 Å². The van der Waals surface area contributed by atoms with Crippen LogP contribution in [-0.2, 0) is 9.53 Å². The average molecular weight is 558 g/mol. The van der Waals surface area contributed by atoms with Gasteiger partial charge in [-0.3, -0.25) is 14.4 Å². The van der Waals surface area contributed by atoms with Crippen LogP contribution in [0.1, 0.15) is 58.5 Å². The summed E-state index contributed by atoms with van der Waals surface area (Å²) in [6.45, 7) is 2.20. The van der Waals surface area contributed by atoms with Crippen LogP contribution in [0.15, 0.2) is 72.8 Å². The van der Waals surface area contributed by atoms with Crippen LogP contribution in [0.5, 0.6) is 11.5 Å². The molecule has 0 saturated carbocycles. The number of methoxy groups -OCH3 is 1. The number of likely N-dealkylation sites (N-methyl/N-ethyl adjacent to an activating group) is 1. The predicted octanol–water partition coefficient (Wildman–Crippen LogP) is 4.60. The summed E-state index contributed by atoms with van der Waals surface area (Å²) in [6.07, 6.45) is 0.937. The molecule has 0 aliphatic carbocycles. The molecule has 3 aromatic carbocycles. The lowest BCUT2D eigenvalue weighted by atomic mass is 9.94. The van der Waals surface area contributed by atoms with E-state index in [1.807, 2.05) is 37.3 Å². The smallest absolute Gasteiger partial charge is 0.257 e. The van der Waals surface area contributed by atoms with Gasteiger partial charge in [-0.05, 0) is 61.7 Å². The highest BCUT2D eigenvalue weighted by Crippen LogP contribution is 2.33. The molecule has 1 fully saturated rings. The van der Waals surface area contributed by atoms with Gasteiger partial charge in [-0.2, -0.15) is 0 Å². The number of carbonyl (C=O) groups excluding carboxylic acids is 3. The number of carbonyl (C=O) groups is 3. The number of ether oxygens (including phenoxy) is 3. The van der Waals surface area contributed by atoms with Crippen LogP contribution in [0.2, 0.25) is 0 Å². The topological polar surface area (TPSA) is 106 Å². The molecule has 4 atom stereocenters. The van der Waals surface area contributed by atoms with E-state index in [1.54, 1.807) is 61.5 Å². The van der Waals surface area contributed by atoms with Crippen molar-refractivity contribution in [3.05, 3.63) is 89.5 Å². The van der Waals surface area contributed by atoms with Crippen molar-refractivity contribution in [2.75, 3.05) is 26.1 Å². The fourth-order valence-electron chi connectivity index (χ4n) is 5.41. The number of fused-ring (bicyclic) bond motifs is 2. The van der Waals surface area contributed by atoms with Crippen molar-refractivity contribution in [2.45, 2.75) is 50.5 Å². The van der Waals surface area contributed by atoms with Crippen LogP contribution >= 0.6 is 0 Å². The lowest BCUT2D eigenvalue weighted by Crippen LogP contribution is -2.54. The zero-order chi connectivity index (χ0) is 28.9. The van der Waals surface area contributed by atoms with E-state index in [0.29, 0.717) is 41.2 Å². The van der Waals surface area contributed by atoms with Gasteiger partial charge < -0.3 is 29.7 Å². The summed E-state index contributed by atoms with van der Waals surface area (Å²) in [5.41, 5.74) is 2.33. The Hall–Kier alpha value is -4.37. The Morgan fingerprint density at radius 3 is 2.63 bits per heavy atom. The first kappa shape index (κ1) is 28.2. The molecule has 2 aliphatic rings. The van der Waals surface area contributed by atoms with Crippen LogP contribution in [0.25, 0.3) is 0 Å². The van der Waals surface area contributed by atoms with Gasteiger partial charge in [-0.1, -0.05) is 36.4 Å². The summed E-state index contributed by atoms with van der Waals surface area (Å²) < 4.78 is 17.6. The minimum Gasteiger partial charge on any atom is -0.497 e. The van der Waals surface area contributed by atoms with Gasteiger partial charge in [0, 0.05) is 18.3 Å². The number of anilines is 1. The number of nitrogens with zero attached hydrogens (tertiary/aromatic N) is 1. The second-order valence-corrected chi connectivity index (χ2v) is 10.5. The van der Waals surface area contributed by atoms with E-state index in [4.69, 9.17) is 14.2 Å². The van der Waals surface area contributed by atoms with Crippen molar-refractivity contribution in [1.82, 2.24) is 10.2 Å². The van der Waals surface area contributed by atoms with Crippen LogP contribution < -0.4 is 20.1 Å². The van der Waals surface area contributed by atoms with Gasteiger partial charge in [-0.15, -0.1) is 0 Å². The molecule has 41 heavy (non-hydrogen) atoms. The first-order valence-electron chi connectivity index (χ1n) is 13.8. The third-order valence-electron chi connectivity index (χ3n) is 7.69. The molecular formula is C32H35N3O6. The highest BCUT2D eigenvalue weighted by atomic mass is 16.5. The van der Waals surface area contributed by atoms with Gasteiger partial charge in [0.1, 0.15) is 24.2 Å². The fraction of sp³-hybridized carbons (Fsp3) is 0.344. The standard InChI is InChI=1S/C32H35N3O6/c1-20(21-8-5-4-6-9-21)33-30(36)18-25-13-14-27-29(41-25)19-40-28-15-12-23(17-26(28)32(38)35(27)2)34-31(37)22-10-7-11-24(16-22)39-3/h4-12,15-17,20,25,27,29H,13-14,18-19H2,1-3H3,(H,33,36)(H,34,37)/t20-,25+,27-,29-/m0/s1. The Morgan fingerprint density at radius 2 is 1.85 bits per heavy atom. The Bertz CT molecular complexity index is 1410. The zero-order valence-electron chi connectivity index (χ0n) is 23.5. The highest BCUT2D eigenvalue weighted by Gasteiger charge is 2.39. The molecule has 0 spiro atoms. The summed E-state index contributed by atoms with van der Waals surface area (Å²) in [5, 5.41) is 5.90. The van der Waals surface area contributed by atoms with Gasteiger partial charge in [0.25, 0.3) is 11.8 Å². The van der Waals surface area contributed by atoms with E-state index >= 15 is 0 Å². The molecule has 3 aromatic rings. The van der Waals surface area contributed by atoms with E-state index in [2.05, 4.69) is 10.6 Å². The van der Waals surface area contributed by atoms with E-state index < -0.39 is 0 Å². The number of nitrogens with one attached hydrogen (secondary N) is 2. The van der Waals surface area contributed by atoms with Gasteiger partial charge in [0.05, 0.1) is 37.3 Å². The number of hydrogen-bond donors (Lipinski definition) is 2. The Morgan fingerprint density at radius 1 is 1.05 bits per heavy atom. The summed E-state index contributed by atoms with van der Waals surface area (Å²) in [7, 11) is 3.30. The minimum atomic E-state index is -0.373. The van der Waals surface area contributed by atoms with Gasteiger partial charge in [0.2, 0.25) is 5.91 Å². The summed E-state index contributed by atoms with van der Waals surface area (Å²) in [6, 6.07) is 21.4. The molecule has 0 aromatic heterocycles. The number of rotatable bonds is 7. The van der Waals surface area contributed by atoms with Crippen LogP contribution in [-0.4, -0.2) is 61.6 Å². The number of hydrogen-bond acceptors (Lipinski definition) is 6. The number of amides is 3. The molecule has 0 unspecified atom stereocenters. The second kappa shape index (κ2) is 12.4. The molecule has 9 nitrogen and oxygen atoms in total. The molecule has 2 N–H and O–H groups in total. The lowest BCUT2D eigenvalue weighted by molar-refractivity contribution is -0.134. The molecule has 2 heterocycles. The average Bonchev–Trinajstić information content (AvgIpc) is 2.99.